The van der Waals surface area contributed by atoms with Crippen LogP contribution in [0.4, 0.5) is 23.0 Å². The first-order chi connectivity index (χ1) is 12.6. The Bertz CT molecular complexity index is 712. The maximum Gasteiger partial charge on any atom is 0.159 e. The standard InChI is InChI=1S/C19H28N6O/c1-4-26-16-7-5-14(6-8-16)23-18-17(20)19(22-13-21-18)25(3)15-9-11-24(2)12-10-15/h5-8,13,15H,4,9-12,20H2,1-3H3,(H,21,22,23). The van der Waals surface area contributed by atoms with Crippen LogP contribution in [-0.2, 0) is 0 Å². The zero-order valence-corrected chi connectivity index (χ0v) is 15.8. The van der Waals surface area contributed by atoms with Crippen molar-refractivity contribution >= 4 is 23.0 Å². The van der Waals surface area contributed by atoms with E-state index in [0.717, 1.165) is 43.2 Å². The molecule has 1 aliphatic rings. The number of nitrogen functional groups attached to an aromatic ring is 1. The minimum Gasteiger partial charge on any atom is -0.494 e. The molecule has 26 heavy (non-hydrogen) atoms. The van der Waals surface area contributed by atoms with Crippen LogP contribution in [0.1, 0.15) is 19.8 Å². The second-order valence-electron chi connectivity index (χ2n) is 6.69. The van der Waals surface area contributed by atoms with Gasteiger partial charge in [-0.05, 0) is 64.2 Å². The zero-order valence-electron chi connectivity index (χ0n) is 15.8. The number of hydrogen-bond donors (Lipinski definition) is 2. The molecule has 0 aliphatic carbocycles. The average Bonchev–Trinajstić information content (AvgIpc) is 2.65. The van der Waals surface area contributed by atoms with Crippen molar-refractivity contribution in [2.75, 3.05) is 49.7 Å². The van der Waals surface area contributed by atoms with Crippen molar-refractivity contribution in [1.29, 1.82) is 0 Å². The predicted molar refractivity (Wildman–Crippen MR) is 106 cm³/mol. The maximum atomic E-state index is 6.38. The molecule has 1 fully saturated rings. The molecule has 0 unspecified atom stereocenters. The van der Waals surface area contributed by atoms with Gasteiger partial charge >= 0.3 is 0 Å². The Morgan fingerprint density at radius 2 is 1.92 bits per heavy atom. The minimum absolute atomic E-state index is 0.446. The van der Waals surface area contributed by atoms with Gasteiger partial charge in [0.25, 0.3) is 0 Å². The van der Waals surface area contributed by atoms with E-state index in [2.05, 4.69) is 39.2 Å². The fourth-order valence-electron chi connectivity index (χ4n) is 3.26. The van der Waals surface area contributed by atoms with Crippen molar-refractivity contribution in [3.8, 4) is 5.75 Å². The molecular formula is C19H28N6O. The van der Waals surface area contributed by atoms with E-state index >= 15 is 0 Å². The molecule has 0 spiro atoms. The van der Waals surface area contributed by atoms with E-state index in [-0.39, 0.29) is 0 Å². The quantitative estimate of drug-likeness (QED) is 0.824. The van der Waals surface area contributed by atoms with Gasteiger partial charge in [0, 0.05) is 18.8 Å². The molecule has 7 nitrogen and oxygen atoms in total. The first kappa shape index (κ1) is 18.3. The summed E-state index contributed by atoms with van der Waals surface area (Å²) in [4.78, 5) is 13.3. The molecule has 0 amide bonds. The number of hydrogen-bond acceptors (Lipinski definition) is 7. The van der Waals surface area contributed by atoms with Gasteiger partial charge in [-0.2, -0.15) is 0 Å². The van der Waals surface area contributed by atoms with Gasteiger partial charge in [-0.25, -0.2) is 9.97 Å². The van der Waals surface area contributed by atoms with E-state index in [1.807, 2.05) is 31.2 Å². The van der Waals surface area contributed by atoms with Gasteiger partial charge in [0.2, 0.25) is 0 Å². The van der Waals surface area contributed by atoms with Crippen LogP contribution in [-0.4, -0.2) is 54.7 Å². The Hall–Kier alpha value is -2.54. The van der Waals surface area contributed by atoms with Crippen LogP contribution >= 0.6 is 0 Å². The number of benzene rings is 1. The van der Waals surface area contributed by atoms with Crippen molar-refractivity contribution in [2.24, 2.45) is 0 Å². The molecule has 3 rings (SSSR count). The number of anilines is 4. The third-order valence-corrected chi connectivity index (χ3v) is 4.86. The summed E-state index contributed by atoms with van der Waals surface area (Å²) in [6.07, 6.45) is 3.78. The van der Waals surface area contributed by atoms with Crippen LogP contribution in [0.3, 0.4) is 0 Å². The maximum absolute atomic E-state index is 6.38. The SMILES string of the molecule is CCOc1ccc(Nc2ncnc(N(C)C3CCN(C)CC3)c2N)cc1. The molecule has 0 bridgehead atoms. The summed E-state index contributed by atoms with van der Waals surface area (Å²) in [6.45, 7) is 4.81. The molecular weight excluding hydrogens is 328 g/mol. The van der Waals surface area contributed by atoms with Crippen molar-refractivity contribution in [2.45, 2.75) is 25.8 Å². The molecule has 1 aromatic heterocycles. The summed E-state index contributed by atoms with van der Waals surface area (Å²) >= 11 is 0. The van der Waals surface area contributed by atoms with Gasteiger partial charge < -0.3 is 25.6 Å². The molecule has 7 heteroatoms. The lowest BCUT2D eigenvalue weighted by Crippen LogP contribution is -2.42. The third-order valence-electron chi connectivity index (χ3n) is 4.86. The number of nitrogens with one attached hydrogen (secondary N) is 1. The Labute approximate surface area is 155 Å². The van der Waals surface area contributed by atoms with Crippen LogP contribution < -0.4 is 20.7 Å². The van der Waals surface area contributed by atoms with Crippen LogP contribution in [0.2, 0.25) is 0 Å². The van der Waals surface area contributed by atoms with Crippen LogP contribution in [0.5, 0.6) is 5.75 Å². The van der Waals surface area contributed by atoms with E-state index in [9.17, 15) is 0 Å². The lowest BCUT2D eigenvalue weighted by Gasteiger charge is -2.36. The second kappa shape index (κ2) is 8.23. The predicted octanol–water partition coefficient (Wildman–Crippen LogP) is 2.73. The van der Waals surface area contributed by atoms with Gasteiger partial charge in [0.1, 0.15) is 17.8 Å². The normalized spacial score (nSPS) is 15.7. The highest BCUT2D eigenvalue weighted by Gasteiger charge is 2.23. The summed E-state index contributed by atoms with van der Waals surface area (Å²) in [5.74, 6) is 2.25. The van der Waals surface area contributed by atoms with Gasteiger partial charge in [-0.3, -0.25) is 0 Å². The summed E-state index contributed by atoms with van der Waals surface area (Å²) in [7, 11) is 4.23. The molecule has 0 saturated carbocycles. The number of aromatic nitrogens is 2. The van der Waals surface area contributed by atoms with Gasteiger partial charge in [-0.15, -0.1) is 0 Å². The highest BCUT2D eigenvalue weighted by Crippen LogP contribution is 2.31. The molecule has 140 valence electrons. The number of piperidine rings is 1. The van der Waals surface area contributed by atoms with Crippen LogP contribution in [0, 0.1) is 0 Å². The minimum atomic E-state index is 0.446. The molecule has 0 atom stereocenters. The molecule has 2 aromatic rings. The number of rotatable bonds is 6. The van der Waals surface area contributed by atoms with Gasteiger partial charge in [0.05, 0.1) is 6.61 Å². The Balaban J connectivity index is 1.74. The van der Waals surface area contributed by atoms with E-state index in [0.29, 0.717) is 24.2 Å². The zero-order chi connectivity index (χ0) is 18.5. The first-order valence-corrected chi connectivity index (χ1v) is 9.10. The molecule has 1 aromatic carbocycles. The number of nitrogens with two attached hydrogens (primary N) is 1. The smallest absolute Gasteiger partial charge is 0.159 e. The topological polar surface area (TPSA) is 79.5 Å². The van der Waals surface area contributed by atoms with E-state index in [4.69, 9.17) is 10.5 Å². The van der Waals surface area contributed by atoms with Crippen molar-refractivity contribution in [3.05, 3.63) is 30.6 Å². The molecule has 1 aliphatic heterocycles. The number of likely N-dealkylation sites (tertiary alicyclic amines) is 1. The Kier molecular flexibility index (Phi) is 5.78. The molecule has 1 saturated heterocycles. The largest absolute Gasteiger partial charge is 0.494 e. The third kappa shape index (κ3) is 4.16. The number of nitrogens with zero attached hydrogens (tertiary/aromatic N) is 4. The van der Waals surface area contributed by atoms with Crippen molar-refractivity contribution < 1.29 is 4.74 Å². The Morgan fingerprint density at radius 1 is 1.23 bits per heavy atom. The van der Waals surface area contributed by atoms with Crippen LogP contribution in [0.25, 0.3) is 0 Å². The number of ether oxygens (including phenoxy) is 1. The van der Waals surface area contributed by atoms with Crippen LogP contribution in [0.15, 0.2) is 30.6 Å². The van der Waals surface area contributed by atoms with Crippen molar-refractivity contribution in [1.82, 2.24) is 14.9 Å². The molecule has 0 radical (unpaired) electrons. The van der Waals surface area contributed by atoms with Crippen molar-refractivity contribution in [3.63, 3.8) is 0 Å². The highest BCUT2D eigenvalue weighted by atomic mass is 16.5. The average molecular weight is 356 g/mol. The van der Waals surface area contributed by atoms with Gasteiger partial charge in [-0.1, -0.05) is 0 Å². The van der Waals surface area contributed by atoms with E-state index in [1.54, 1.807) is 6.33 Å². The summed E-state index contributed by atoms with van der Waals surface area (Å²) < 4.78 is 5.47. The molecule has 3 N–H and O–H groups in total. The highest BCUT2D eigenvalue weighted by molar-refractivity contribution is 5.78. The lowest BCUT2D eigenvalue weighted by molar-refractivity contribution is 0.252. The summed E-state index contributed by atoms with van der Waals surface area (Å²) in [6, 6.07) is 8.20. The monoisotopic (exact) mass is 356 g/mol. The Morgan fingerprint density at radius 3 is 2.58 bits per heavy atom. The summed E-state index contributed by atoms with van der Waals surface area (Å²) in [5.41, 5.74) is 7.86. The first-order valence-electron chi connectivity index (χ1n) is 9.10. The second-order valence-corrected chi connectivity index (χ2v) is 6.69. The fraction of sp³-hybridized carbons (Fsp3) is 0.474. The fourth-order valence-corrected chi connectivity index (χ4v) is 3.26. The van der Waals surface area contributed by atoms with Gasteiger partial charge in [0.15, 0.2) is 11.6 Å². The summed E-state index contributed by atoms with van der Waals surface area (Å²) in [5, 5.41) is 3.28. The van der Waals surface area contributed by atoms with E-state index in [1.165, 1.54) is 0 Å². The lowest BCUT2D eigenvalue weighted by atomic mass is 10.0. The molecule has 2 heterocycles. The van der Waals surface area contributed by atoms with E-state index < -0.39 is 0 Å².